The largest absolute Gasteiger partial charge is 0.493 e. The fraction of sp³-hybridized carbons (Fsp3) is 0.500. The minimum absolute atomic E-state index is 0.0589. The van der Waals surface area contributed by atoms with Gasteiger partial charge in [0.15, 0.2) is 0 Å². The van der Waals surface area contributed by atoms with E-state index in [0.29, 0.717) is 24.0 Å². The summed E-state index contributed by atoms with van der Waals surface area (Å²) in [7, 11) is 2.17. The van der Waals surface area contributed by atoms with E-state index in [1.165, 1.54) is 19.4 Å². The number of likely N-dealkylation sites (tertiary alicyclic amines) is 1. The highest BCUT2D eigenvalue weighted by atomic mass is 16.5. The molecule has 18 heavy (non-hydrogen) atoms. The first-order valence-electron chi connectivity index (χ1n) is 6.45. The van der Waals surface area contributed by atoms with Crippen LogP contribution in [-0.4, -0.2) is 37.0 Å². The summed E-state index contributed by atoms with van der Waals surface area (Å²) in [6, 6.07) is 8.10. The molecule has 1 aliphatic heterocycles. The number of nitrogens with zero attached hydrogens (tertiary/aromatic N) is 1. The molecule has 4 heteroatoms. The number of para-hydroxylation sites is 1. The maximum absolute atomic E-state index is 7.50. The summed E-state index contributed by atoms with van der Waals surface area (Å²) in [5, 5.41) is 7.50. The van der Waals surface area contributed by atoms with Gasteiger partial charge in [0, 0.05) is 6.04 Å². The molecule has 0 spiro atoms. The summed E-state index contributed by atoms with van der Waals surface area (Å²) in [6.07, 6.45) is 3.57. The van der Waals surface area contributed by atoms with Crippen LogP contribution in [0.5, 0.6) is 5.75 Å². The van der Waals surface area contributed by atoms with E-state index in [2.05, 4.69) is 11.9 Å². The van der Waals surface area contributed by atoms with Crippen LogP contribution in [0.1, 0.15) is 24.8 Å². The molecule has 1 atom stereocenters. The van der Waals surface area contributed by atoms with E-state index in [1.54, 1.807) is 0 Å². The standard InChI is InChI=1S/C14H21N3O/c1-17-9-4-5-11(17)8-10-18-13-7-3-2-6-12(13)14(15)16/h2-3,6-7,11H,4-5,8-10H2,1H3,(H3,15,16). The second-order valence-electron chi connectivity index (χ2n) is 4.82. The summed E-state index contributed by atoms with van der Waals surface area (Å²) in [5.41, 5.74) is 6.20. The molecule has 1 fully saturated rings. The number of nitrogens with one attached hydrogen (secondary N) is 1. The van der Waals surface area contributed by atoms with Gasteiger partial charge in [-0.1, -0.05) is 12.1 Å². The van der Waals surface area contributed by atoms with E-state index >= 15 is 0 Å². The van der Waals surface area contributed by atoms with Gasteiger partial charge in [0.05, 0.1) is 12.2 Å². The number of hydrogen-bond acceptors (Lipinski definition) is 3. The van der Waals surface area contributed by atoms with Crippen molar-refractivity contribution < 1.29 is 4.74 Å². The second kappa shape index (κ2) is 5.87. The first-order chi connectivity index (χ1) is 8.68. The van der Waals surface area contributed by atoms with E-state index in [1.807, 2.05) is 24.3 Å². The Morgan fingerprint density at radius 3 is 2.94 bits per heavy atom. The maximum atomic E-state index is 7.50. The Morgan fingerprint density at radius 2 is 2.28 bits per heavy atom. The zero-order valence-corrected chi connectivity index (χ0v) is 10.9. The molecule has 1 heterocycles. The zero-order chi connectivity index (χ0) is 13.0. The third kappa shape index (κ3) is 3.01. The van der Waals surface area contributed by atoms with Crippen molar-refractivity contribution in [3.63, 3.8) is 0 Å². The molecule has 98 valence electrons. The topological polar surface area (TPSA) is 62.3 Å². The van der Waals surface area contributed by atoms with Crippen LogP contribution in [0, 0.1) is 5.41 Å². The maximum Gasteiger partial charge on any atom is 0.130 e. The van der Waals surface area contributed by atoms with Crippen LogP contribution in [-0.2, 0) is 0 Å². The quantitative estimate of drug-likeness (QED) is 0.616. The third-order valence-corrected chi connectivity index (χ3v) is 3.56. The summed E-state index contributed by atoms with van der Waals surface area (Å²) in [4.78, 5) is 2.39. The number of amidine groups is 1. The van der Waals surface area contributed by atoms with E-state index in [-0.39, 0.29) is 5.84 Å². The van der Waals surface area contributed by atoms with Crippen LogP contribution in [0.2, 0.25) is 0 Å². The molecule has 1 aromatic carbocycles. The van der Waals surface area contributed by atoms with Crippen molar-refractivity contribution in [2.75, 3.05) is 20.2 Å². The van der Waals surface area contributed by atoms with Crippen molar-refractivity contribution >= 4 is 5.84 Å². The molecular formula is C14H21N3O. The summed E-state index contributed by atoms with van der Waals surface area (Å²) in [5.74, 6) is 0.772. The van der Waals surface area contributed by atoms with E-state index in [0.717, 1.165) is 6.42 Å². The minimum Gasteiger partial charge on any atom is -0.493 e. The smallest absolute Gasteiger partial charge is 0.130 e. The Kier molecular flexibility index (Phi) is 4.20. The first-order valence-corrected chi connectivity index (χ1v) is 6.45. The van der Waals surface area contributed by atoms with Crippen molar-refractivity contribution in [2.45, 2.75) is 25.3 Å². The molecule has 2 rings (SSSR count). The van der Waals surface area contributed by atoms with Crippen LogP contribution in [0.25, 0.3) is 0 Å². The van der Waals surface area contributed by atoms with Crippen LogP contribution < -0.4 is 10.5 Å². The van der Waals surface area contributed by atoms with Gasteiger partial charge >= 0.3 is 0 Å². The zero-order valence-electron chi connectivity index (χ0n) is 10.9. The molecule has 1 unspecified atom stereocenters. The molecule has 0 radical (unpaired) electrons. The number of benzene rings is 1. The molecule has 0 bridgehead atoms. The lowest BCUT2D eigenvalue weighted by atomic mass is 10.1. The fourth-order valence-corrected chi connectivity index (χ4v) is 2.46. The summed E-state index contributed by atoms with van der Waals surface area (Å²) in [6.45, 7) is 1.87. The molecule has 3 N–H and O–H groups in total. The number of hydrogen-bond donors (Lipinski definition) is 2. The summed E-state index contributed by atoms with van der Waals surface area (Å²) >= 11 is 0. The molecule has 0 aliphatic carbocycles. The van der Waals surface area contributed by atoms with Gasteiger partial charge in [-0.15, -0.1) is 0 Å². The lowest BCUT2D eigenvalue weighted by Gasteiger charge is -2.19. The van der Waals surface area contributed by atoms with Crippen molar-refractivity contribution in [3.05, 3.63) is 29.8 Å². The Balaban J connectivity index is 1.88. The van der Waals surface area contributed by atoms with Gasteiger partial charge in [-0.3, -0.25) is 5.41 Å². The molecular weight excluding hydrogens is 226 g/mol. The van der Waals surface area contributed by atoms with Gasteiger partial charge in [-0.25, -0.2) is 0 Å². The average molecular weight is 247 g/mol. The highest BCUT2D eigenvalue weighted by Crippen LogP contribution is 2.20. The fourth-order valence-electron chi connectivity index (χ4n) is 2.46. The Hall–Kier alpha value is -1.55. The van der Waals surface area contributed by atoms with Crippen LogP contribution in [0.3, 0.4) is 0 Å². The number of rotatable bonds is 5. The van der Waals surface area contributed by atoms with E-state index in [4.69, 9.17) is 15.9 Å². The number of nitrogen functional groups attached to an aromatic ring is 1. The number of ether oxygens (including phenoxy) is 1. The third-order valence-electron chi connectivity index (χ3n) is 3.56. The van der Waals surface area contributed by atoms with Crippen molar-refractivity contribution in [3.8, 4) is 5.75 Å². The molecule has 1 aliphatic rings. The predicted molar refractivity (Wildman–Crippen MR) is 73.2 cm³/mol. The average Bonchev–Trinajstić information content (AvgIpc) is 2.76. The lowest BCUT2D eigenvalue weighted by molar-refractivity contribution is 0.233. The molecule has 0 aromatic heterocycles. The van der Waals surface area contributed by atoms with Crippen LogP contribution in [0.4, 0.5) is 0 Å². The highest BCUT2D eigenvalue weighted by Gasteiger charge is 2.20. The molecule has 0 saturated carbocycles. The monoisotopic (exact) mass is 247 g/mol. The SMILES string of the molecule is CN1CCCC1CCOc1ccccc1C(=N)N. The molecule has 1 aromatic rings. The van der Waals surface area contributed by atoms with Gasteiger partial charge in [0.25, 0.3) is 0 Å². The van der Waals surface area contributed by atoms with Crippen LogP contribution in [0.15, 0.2) is 24.3 Å². The predicted octanol–water partition coefficient (Wildman–Crippen LogP) is 1.83. The Bertz CT molecular complexity index is 419. The lowest BCUT2D eigenvalue weighted by Crippen LogP contribution is -2.26. The highest BCUT2D eigenvalue weighted by molar-refractivity contribution is 5.97. The minimum atomic E-state index is 0.0589. The van der Waals surface area contributed by atoms with Gasteiger partial charge < -0.3 is 15.4 Å². The van der Waals surface area contributed by atoms with Gasteiger partial charge in [-0.05, 0) is 45.0 Å². The first kappa shape index (κ1) is 12.9. The van der Waals surface area contributed by atoms with Crippen LogP contribution >= 0.6 is 0 Å². The van der Waals surface area contributed by atoms with Gasteiger partial charge in [0.1, 0.15) is 11.6 Å². The normalized spacial score (nSPS) is 19.9. The number of nitrogens with two attached hydrogens (primary N) is 1. The van der Waals surface area contributed by atoms with Crippen molar-refractivity contribution in [2.24, 2.45) is 5.73 Å². The van der Waals surface area contributed by atoms with E-state index in [9.17, 15) is 0 Å². The van der Waals surface area contributed by atoms with E-state index < -0.39 is 0 Å². The summed E-state index contributed by atoms with van der Waals surface area (Å²) < 4.78 is 5.76. The van der Waals surface area contributed by atoms with Crippen molar-refractivity contribution in [1.29, 1.82) is 5.41 Å². The molecule has 0 amide bonds. The Morgan fingerprint density at radius 1 is 1.50 bits per heavy atom. The van der Waals surface area contributed by atoms with Gasteiger partial charge in [0.2, 0.25) is 0 Å². The molecule has 4 nitrogen and oxygen atoms in total. The Labute approximate surface area is 108 Å². The molecule has 1 saturated heterocycles. The van der Waals surface area contributed by atoms with Crippen molar-refractivity contribution in [1.82, 2.24) is 4.90 Å². The second-order valence-corrected chi connectivity index (χ2v) is 4.82. The van der Waals surface area contributed by atoms with Gasteiger partial charge in [-0.2, -0.15) is 0 Å².